The second-order valence-corrected chi connectivity index (χ2v) is 6.66. The predicted molar refractivity (Wildman–Crippen MR) is 82.9 cm³/mol. The number of aliphatic hydroxyl groups excluding tert-OH is 1. The van der Waals surface area contributed by atoms with Crippen molar-refractivity contribution in [2.24, 2.45) is 0 Å². The van der Waals surface area contributed by atoms with Gasteiger partial charge in [-0.3, -0.25) is 10.1 Å². The van der Waals surface area contributed by atoms with Gasteiger partial charge in [-0.2, -0.15) is 0 Å². The molecule has 0 bridgehead atoms. The molecule has 1 aromatic carbocycles. The van der Waals surface area contributed by atoms with Gasteiger partial charge in [0.15, 0.2) is 0 Å². The van der Waals surface area contributed by atoms with E-state index in [2.05, 4.69) is 10.3 Å². The third-order valence-corrected chi connectivity index (χ3v) is 4.81. The van der Waals surface area contributed by atoms with Crippen LogP contribution in [0.25, 0.3) is 10.2 Å². The smallest absolute Gasteiger partial charge is 0.293 e. The van der Waals surface area contributed by atoms with E-state index in [1.807, 2.05) is 6.92 Å². The van der Waals surface area contributed by atoms with E-state index in [4.69, 9.17) is 0 Å². The highest BCUT2D eigenvalue weighted by atomic mass is 32.1. The fraction of sp³-hybridized carbons (Fsp3) is 0.500. The Kier molecular flexibility index (Phi) is 3.77. The zero-order chi connectivity index (χ0) is 15.0. The van der Waals surface area contributed by atoms with E-state index >= 15 is 0 Å². The molecule has 1 aliphatic carbocycles. The standard InChI is InChI=1S/C14H17N3O3S/c1-8-15-11-6-10(12(17(19)20)7-14(11)21-8)16-9-4-2-3-5-13(9)18/h6-7,9,13,16,18H,2-5H2,1H3. The minimum Gasteiger partial charge on any atom is -0.391 e. The van der Waals surface area contributed by atoms with Crippen LogP contribution in [0.1, 0.15) is 30.7 Å². The topological polar surface area (TPSA) is 88.3 Å². The molecular formula is C14H17N3O3S. The van der Waals surface area contributed by atoms with Crippen molar-refractivity contribution in [1.82, 2.24) is 4.98 Å². The number of aryl methyl sites for hydroxylation is 1. The first-order valence-corrected chi connectivity index (χ1v) is 7.86. The van der Waals surface area contributed by atoms with Crippen molar-refractivity contribution in [3.8, 4) is 0 Å². The number of nitro groups is 1. The highest BCUT2D eigenvalue weighted by Crippen LogP contribution is 2.34. The second-order valence-electron chi connectivity index (χ2n) is 5.43. The van der Waals surface area contributed by atoms with Gasteiger partial charge in [0.2, 0.25) is 0 Å². The van der Waals surface area contributed by atoms with Crippen LogP contribution in [0.15, 0.2) is 12.1 Å². The van der Waals surface area contributed by atoms with E-state index in [0.717, 1.165) is 40.9 Å². The van der Waals surface area contributed by atoms with Gasteiger partial charge in [-0.15, -0.1) is 11.3 Å². The molecule has 112 valence electrons. The van der Waals surface area contributed by atoms with E-state index in [1.54, 1.807) is 12.1 Å². The van der Waals surface area contributed by atoms with E-state index < -0.39 is 6.10 Å². The summed E-state index contributed by atoms with van der Waals surface area (Å²) in [4.78, 5) is 15.3. The van der Waals surface area contributed by atoms with Gasteiger partial charge in [0.25, 0.3) is 5.69 Å². The number of hydrogen-bond acceptors (Lipinski definition) is 6. The molecule has 2 N–H and O–H groups in total. The maximum Gasteiger partial charge on any atom is 0.293 e. The van der Waals surface area contributed by atoms with Gasteiger partial charge >= 0.3 is 0 Å². The molecule has 1 saturated carbocycles. The molecule has 6 nitrogen and oxygen atoms in total. The average Bonchev–Trinajstić information content (AvgIpc) is 2.79. The summed E-state index contributed by atoms with van der Waals surface area (Å²) in [5.74, 6) is 0. The summed E-state index contributed by atoms with van der Waals surface area (Å²) in [6.07, 6.45) is 3.15. The van der Waals surface area contributed by atoms with Gasteiger partial charge in [-0.05, 0) is 25.8 Å². The summed E-state index contributed by atoms with van der Waals surface area (Å²) < 4.78 is 0.814. The molecule has 0 radical (unpaired) electrons. The molecule has 1 fully saturated rings. The number of fused-ring (bicyclic) bond motifs is 1. The highest BCUT2D eigenvalue weighted by Gasteiger charge is 2.26. The SMILES string of the molecule is Cc1nc2cc(NC3CCCCC3O)c([N+](=O)[O-])cc2s1. The lowest BCUT2D eigenvalue weighted by Crippen LogP contribution is -2.36. The summed E-state index contributed by atoms with van der Waals surface area (Å²) in [7, 11) is 0. The van der Waals surface area contributed by atoms with Gasteiger partial charge in [0, 0.05) is 6.07 Å². The molecule has 0 spiro atoms. The van der Waals surface area contributed by atoms with Gasteiger partial charge in [-0.1, -0.05) is 12.8 Å². The quantitative estimate of drug-likeness (QED) is 0.671. The summed E-state index contributed by atoms with van der Waals surface area (Å²) in [6.45, 7) is 1.88. The Morgan fingerprint density at radius 3 is 2.90 bits per heavy atom. The molecule has 2 unspecified atom stereocenters. The number of nitrogens with zero attached hydrogens (tertiary/aromatic N) is 2. The van der Waals surface area contributed by atoms with Crippen molar-refractivity contribution in [3.05, 3.63) is 27.3 Å². The molecule has 0 aliphatic heterocycles. The van der Waals surface area contributed by atoms with Crippen molar-refractivity contribution >= 4 is 32.9 Å². The molecule has 0 amide bonds. The maximum atomic E-state index is 11.3. The lowest BCUT2D eigenvalue weighted by atomic mass is 9.92. The number of anilines is 1. The first-order chi connectivity index (χ1) is 10.0. The molecule has 1 heterocycles. The van der Waals surface area contributed by atoms with Crippen molar-refractivity contribution in [3.63, 3.8) is 0 Å². The Hall–Kier alpha value is -1.73. The lowest BCUT2D eigenvalue weighted by Gasteiger charge is -2.29. The Bertz CT molecular complexity index is 685. The van der Waals surface area contributed by atoms with E-state index in [-0.39, 0.29) is 16.7 Å². The highest BCUT2D eigenvalue weighted by molar-refractivity contribution is 7.18. The molecule has 1 aliphatic rings. The Morgan fingerprint density at radius 1 is 1.43 bits per heavy atom. The van der Waals surface area contributed by atoms with Crippen LogP contribution in [0.2, 0.25) is 0 Å². The number of rotatable bonds is 3. The summed E-state index contributed by atoms with van der Waals surface area (Å²) >= 11 is 1.45. The van der Waals surface area contributed by atoms with Crippen LogP contribution >= 0.6 is 11.3 Å². The third kappa shape index (κ3) is 2.84. The minimum atomic E-state index is -0.453. The Morgan fingerprint density at radius 2 is 2.19 bits per heavy atom. The van der Waals surface area contributed by atoms with E-state index in [1.165, 1.54) is 11.3 Å². The van der Waals surface area contributed by atoms with E-state index in [0.29, 0.717) is 5.69 Å². The van der Waals surface area contributed by atoms with Crippen LogP contribution in [0.4, 0.5) is 11.4 Å². The van der Waals surface area contributed by atoms with E-state index in [9.17, 15) is 15.2 Å². The lowest BCUT2D eigenvalue weighted by molar-refractivity contribution is -0.383. The largest absolute Gasteiger partial charge is 0.391 e. The van der Waals surface area contributed by atoms with Gasteiger partial charge in [0.1, 0.15) is 5.69 Å². The maximum absolute atomic E-state index is 11.3. The molecule has 0 saturated heterocycles. The van der Waals surface area contributed by atoms with Gasteiger partial charge in [0.05, 0.1) is 32.3 Å². The number of aliphatic hydroxyl groups is 1. The van der Waals surface area contributed by atoms with Crippen molar-refractivity contribution in [2.45, 2.75) is 44.8 Å². The van der Waals surface area contributed by atoms with Gasteiger partial charge < -0.3 is 10.4 Å². The number of aromatic nitrogens is 1. The van der Waals surface area contributed by atoms with Crippen LogP contribution in [-0.2, 0) is 0 Å². The molecule has 2 aromatic rings. The molecular weight excluding hydrogens is 290 g/mol. The summed E-state index contributed by atoms with van der Waals surface area (Å²) in [6, 6.07) is 3.16. The van der Waals surface area contributed by atoms with Crippen molar-refractivity contribution in [1.29, 1.82) is 0 Å². The van der Waals surface area contributed by atoms with Gasteiger partial charge in [-0.25, -0.2) is 4.98 Å². The number of hydrogen-bond donors (Lipinski definition) is 2. The zero-order valence-corrected chi connectivity index (χ0v) is 12.5. The van der Waals surface area contributed by atoms with Crippen LogP contribution in [0.3, 0.4) is 0 Å². The van der Waals surface area contributed by atoms with Crippen LogP contribution in [0, 0.1) is 17.0 Å². The molecule has 1 aromatic heterocycles. The number of nitro benzene ring substituents is 1. The number of nitrogens with one attached hydrogen (secondary N) is 1. The second kappa shape index (κ2) is 5.57. The normalized spacial score (nSPS) is 22.4. The minimum absolute atomic E-state index is 0.0453. The van der Waals surface area contributed by atoms with Crippen molar-refractivity contribution < 1.29 is 10.0 Å². The predicted octanol–water partition coefficient (Wildman–Crippen LogP) is 3.23. The van der Waals surface area contributed by atoms with Crippen molar-refractivity contribution in [2.75, 3.05) is 5.32 Å². The van der Waals surface area contributed by atoms with Crippen LogP contribution in [-0.4, -0.2) is 27.2 Å². The molecule has 2 atom stereocenters. The fourth-order valence-electron chi connectivity index (χ4n) is 2.82. The number of thiazole rings is 1. The molecule has 7 heteroatoms. The van der Waals surface area contributed by atoms with Crippen LogP contribution < -0.4 is 5.32 Å². The Balaban J connectivity index is 1.98. The summed E-state index contributed by atoms with van der Waals surface area (Å²) in [5, 5.41) is 25.4. The number of benzene rings is 1. The first kappa shape index (κ1) is 14.2. The third-order valence-electron chi connectivity index (χ3n) is 3.88. The Labute approximate surface area is 126 Å². The molecule has 3 rings (SSSR count). The summed E-state index contributed by atoms with van der Waals surface area (Å²) in [5.41, 5.74) is 1.25. The fourth-order valence-corrected chi connectivity index (χ4v) is 3.67. The zero-order valence-electron chi connectivity index (χ0n) is 11.7. The first-order valence-electron chi connectivity index (χ1n) is 7.05. The molecule has 21 heavy (non-hydrogen) atoms. The van der Waals surface area contributed by atoms with Crippen LogP contribution in [0.5, 0.6) is 0 Å². The average molecular weight is 307 g/mol. The monoisotopic (exact) mass is 307 g/mol.